The van der Waals surface area contributed by atoms with E-state index in [0.717, 1.165) is 41.5 Å². The van der Waals surface area contributed by atoms with Crippen molar-refractivity contribution in [3.05, 3.63) is 84.6 Å². The van der Waals surface area contributed by atoms with Gasteiger partial charge in [-0.05, 0) is 61.3 Å². The van der Waals surface area contributed by atoms with E-state index in [1.54, 1.807) is 6.92 Å². The summed E-state index contributed by atoms with van der Waals surface area (Å²) in [5.74, 6) is 0. The molecular formula is C25H26FN. The SMILES string of the molecule is C=CCc1ccc2cc(-c3ccc(C=CCCCC(C)F)cc3)ncc2c1. The molecule has 0 spiro atoms. The summed E-state index contributed by atoms with van der Waals surface area (Å²) >= 11 is 0. The largest absolute Gasteiger partial charge is 0.256 e. The van der Waals surface area contributed by atoms with E-state index in [9.17, 15) is 4.39 Å². The summed E-state index contributed by atoms with van der Waals surface area (Å²) in [6.07, 6.45) is 10.7. The molecule has 0 aliphatic carbocycles. The molecule has 3 aromatic rings. The van der Waals surface area contributed by atoms with Gasteiger partial charge in [0.2, 0.25) is 0 Å². The molecular weight excluding hydrogens is 333 g/mol. The number of allylic oxidation sites excluding steroid dienone is 2. The van der Waals surface area contributed by atoms with E-state index in [4.69, 9.17) is 0 Å². The minimum absolute atomic E-state index is 0.631. The molecule has 0 aliphatic rings. The van der Waals surface area contributed by atoms with Gasteiger partial charge in [0.25, 0.3) is 0 Å². The summed E-state index contributed by atoms with van der Waals surface area (Å²) in [6.45, 7) is 5.41. The second kappa shape index (κ2) is 9.27. The topological polar surface area (TPSA) is 12.9 Å². The van der Waals surface area contributed by atoms with Gasteiger partial charge in [0.15, 0.2) is 0 Å². The third kappa shape index (κ3) is 5.37. The van der Waals surface area contributed by atoms with Gasteiger partial charge in [-0.3, -0.25) is 4.98 Å². The summed E-state index contributed by atoms with van der Waals surface area (Å²) in [4.78, 5) is 4.63. The highest BCUT2D eigenvalue weighted by molar-refractivity contribution is 5.85. The van der Waals surface area contributed by atoms with Crippen molar-refractivity contribution in [3.8, 4) is 11.3 Å². The molecule has 1 heterocycles. The van der Waals surface area contributed by atoms with Crippen LogP contribution in [0.15, 0.2) is 73.5 Å². The van der Waals surface area contributed by atoms with Crippen LogP contribution in [0.4, 0.5) is 4.39 Å². The Morgan fingerprint density at radius 3 is 2.63 bits per heavy atom. The molecule has 27 heavy (non-hydrogen) atoms. The normalized spacial score (nSPS) is 12.5. The van der Waals surface area contributed by atoms with E-state index in [1.807, 2.05) is 12.3 Å². The van der Waals surface area contributed by atoms with Crippen molar-refractivity contribution in [2.75, 3.05) is 0 Å². The number of hydrogen-bond donors (Lipinski definition) is 0. The number of benzene rings is 2. The van der Waals surface area contributed by atoms with Crippen LogP contribution in [0.1, 0.15) is 37.3 Å². The van der Waals surface area contributed by atoms with Gasteiger partial charge in [-0.1, -0.05) is 54.6 Å². The first-order valence-electron chi connectivity index (χ1n) is 9.56. The lowest BCUT2D eigenvalue weighted by Crippen LogP contribution is -1.90. The van der Waals surface area contributed by atoms with E-state index in [-0.39, 0.29) is 0 Å². The van der Waals surface area contributed by atoms with Gasteiger partial charge in [-0.15, -0.1) is 6.58 Å². The van der Waals surface area contributed by atoms with E-state index in [0.29, 0.717) is 6.42 Å². The second-order valence-electron chi connectivity index (χ2n) is 6.98. The molecule has 0 N–H and O–H groups in total. The number of unbranched alkanes of at least 4 members (excludes halogenated alkanes) is 1. The molecule has 2 heteroatoms. The molecule has 0 saturated heterocycles. The summed E-state index contributed by atoms with van der Waals surface area (Å²) in [7, 11) is 0. The number of pyridine rings is 1. The number of rotatable bonds is 8. The lowest BCUT2D eigenvalue weighted by atomic mass is 10.0. The standard InChI is InChI=1S/C25H26FN/c1-3-7-21-12-15-23-17-25(27-18-24(23)16-21)22-13-10-20(11-14-22)9-6-4-5-8-19(2)26/h3,6,9-19H,1,4-5,7-8H2,2H3. The van der Waals surface area contributed by atoms with Crippen LogP contribution < -0.4 is 0 Å². The molecule has 0 fully saturated rings. The molecule has 1 aromatic heterocycles. The van der Waals surface area contributed by atoms with Gasteiger partial charge in [0.1, 0.15) is 0 Å². The van der Waals surface area contributed by atoms with E-state index in [2.05, 4.69) is 72.2 Å². The summed E-state index contributed by atoms with van der Waals surface area (Å²) in [5.41, 5.74) is 4.49. The highest BCUT2D eigenvalue weighted by Gasteiger charge is 2.02. The van der Waals surface area contributed by atoms with Crippen molar-refractivity contribution < 1.29 is 4.39 Å². The minimum atomic E-state index is -0.708. The van der Waals surface area contributed by atoms with Gasteiger partial charge in [0.05, 0.1) is 11.9 Å². The van der Waals surface area contributed by atoms with Gasteiger partial charge < -0.3 is 0 Å². The van der Waals surface area contributed by atoms with Crippen molar-refractivity contribution >= 4 is 16.8 Å². The molecule has 1 nitrogen and oxygen atoms in total. The molecule has 3 rings (SSSR count). The van der Waals surface area contributed by atoms with Crippen molar-refractivity contribution in [3.63, 3.8) is 0 Å². The molecule has 1 atom stereocenters. The molecule has 0 radical (unpaired) electrons. The Kier molecular flexibility index (Phi) is 6.54. The van der Waals surface area contributed by atoms with Crippen LogP contribution in [0.2, 0.25) is 0 Å². The van der Waals surface area contributed by atoms with Gasteiger partial charge in [-0.2, -0.15) is 0 Å². The Balaban J connectivity index is 1.70. The first-order valence-corrected chi connectivity index (χ1v) is 9.56. The maximum Gasteiger partial charge on any atom is 0.0973 e. The second-order valence-corrected chi connectivity index (χ2v) is 6.98. The number of alkyl halides is 1. The van der Waals surface area contributed by atoms with E-state index in [1.165, 1.54) is 10.9 Å². The molecule has 0 saturated carbocycles. The molecule has 0 bridgehead atoms. The first kappa shape index (κ1) is 19.0. The molecule has 2 aromatic carbocycles. The average Bonchev–Trinajstić information content (AvgIpc) is 2.68. The van der Waals surface area contributed by atoms with Gasteiger partial charge in [0, 0.05) is 17.1 Å². The van der Waals surface area contributed by atoms with Crippen LogP contribution in [0, 0.1) is 0 Å². The Hall–Kier alpha value is -2.74. The molecule has 1 unspecified atom stereocenters. The van der Waals surface area contributed by atoms with Crippen molar-refractivity contribution in [2.45, 2.75) is 38.8 Å². The van der Waals surface area contributed by atoms with E-state index >= 15 is 0 Å². The lowest BCUT2D eigenvalue weighted by molar-refractivity contribution is 0.335. The zero-order valence-corrected chi connectivity index (χ0v) is 15.9. The maximum atomic E-state index is 12.8. The third-order valence-electron chi connectivity index (χ3n) is 4.66. The molecule has 0 aliphatic heterocycles. The Morgan fingerprint density at radius 1 is 1.07 bits per heavy atom. The van der Waals surface area contributed by atoms with Crippen molar-refractivity contribution in [1.29, 1.82) is 0 Å². The highest BCUT2D eigenvalue weighted by Crippen LogP contribution is 2.24. The van der Waals surface area contributed by atoms with Gasteiger partial charge >= 0.3 is 0 Å². The smallest absolute Gasteiger partial charge is 0.0973 e. The number of hydrogen-bond acceptors (Lipinski definition) is 1. The first-order chi connectivity index (χ1) is 13.2. The van der Waals surface area contributed by atoms with Crippen molar-refractivity contribution in [1.82, 2.24) is 4.98 Å². The predicted molar refractivity (Wildman–Crippen MR) is 115 cm³/mol. The zero-order valence-electron chi connectivity index (χ0n) is 15.9. The van der Waals surface area contributed by atoms with Crippen LogP contribution in [-0.4, -0.2) is 11.2 Å². The van der Waals surface area contributed by atoms with Crippen LogP contribution in [0.3, 0.4) is 0 Å². The van der Waals surface area contributed by atoms with Crippen LogP contribution in [0.5, 0.6) is 0 Å². The maximum absolute atomic E-state index is 12.8. The monoisotopic (exact) mass is 359 g/mol. The number of aromatic nitrogens is 1. The van der Waals surface area contributed by atoms with Crippen LogP contribution >= 0.6 is 0 Å². The van der Waals surface area contributed by atoms with Crippen LogP contribution in [-0.2, 0) is 6.42 Å². The van der Waals surface area contributed by atoms with Crippen LogP contribution in [0.25, 0.3) is 28.1 Å². The lowest BCUT2D eigenvalue weighted by Gasteiger charge is -2.05. The average molecular weight is 359 g/mol. The Labute approximate surface area is 161 Å². The predicted octanol–water partition coefficient (Wildman–Crippen LogP) is 7.17. The molecule has 0 amide bonds. The molecule has 138 valence electrons. The number of nitrogens with zero attached hydrogens (tertiary/aromatic N) is 1. The van der Waals surface area contributed by atoms with E-state index < -0.39 is 6.17 Å². The minimum Gasteiger partial charge on any atom is -0.256 e. The third-order valence-corrected chi connectivity index (χ3v) is 4.66. The van der Waals surface area contributed by atoms with Gasteiger partial charge in [-0.25, -0.2) is 4.39 Å². The quantitative estimate of drug-likeness (QED) is 0.307. The summed E-state index contributed by atoms with van der Waals surface area (Å²) in [5, 5.41) is 2.35. The van der Waals surface area contributed by atoms with Crippen molar-refractivity contribution in [2.24, 2.45) is 0 Å². The number of fused-ring (bicyclic) bond motifs is 1. The fourth-order valence-corrected chi connectivity index (χ4v) is 3.14. The fraction of sp³-hybridized carbons (Fsp3) is 0.240. The Bertz CT molecular complexity index is 923. The highest BCUT2D eigenvalue weighted by atomic mass is 19.1. The fourth-order valence-electron chi connectivity index (χ4n) is 3.14. The zero-order chi connectivity index (χ0) is 19.1. The summed E-state index contributed by atoms with van der Waals surface area (Å²) < 4.78 is 12.8. The Morgan fingerprint density at radius 2 is 1.89 bits per heavy atom. The number of halogens is 1. The summed E-state index contributed by atoms with van der Waals surface area (Å²) in [6, 6.07) is 17.0.